The molecule has 3 aromatic rings. The number of carbonyl (C=O) groups is 2. The third kappa shape index (κ3) is 5.60. The van der Waals surface area contributed by atoms with Crippen LogP contribution in [0.5, 0.6) is 0 Å². The fourth-order valence-electron chi connectivity index (χ4n) is 3.75. The largest absolute Gasteiger partial charge is 0.357 e. The molecule has 0 aliphatic rings. The Kier molecular flexibility index (Phi) is 8.01. The number of amides is 2. The Balaban J connectivity index is 1.87. The van der Waals surface area contributed by atoms with Crippen LogP contribution in [0, 0.1) is 5.82 Å². The highest BCUT2D eigenvalue weighted by Gasteiger charge is 2.31. The van der Waals surface area contributed by atoms with E-state index < -0.39 is 34.3 Å². The third-order valence-electron chi connectivity index (χ3n) is 5.69. The van der Waals surface area contributed by atoms with Gasteiger partial charge in [0.1, 0.15) is 11.9 Å². The Hall–Kier alpha value is -3.30. The van der Waals surface area contributed by atoms with Crippen LogP contribution >= 0.6 is 0 Å². The molecule has 180 valence electrons. The quantitative estimate of drug-likeness (QED) is 0.505. The molecule has 9 heteroatoms. The average Bonchev–Trinajstić information content (AvgIpc) is 2.84. The van der Waals surface area contributed by atoms with E-state index in [1.165, 1.54) is 49.3 Å². The lowest BCUT2D eigenvalue weighted by Gasteiger charge is -2.31. The maximum atomic E-state index is 13.3. The Morgan fingerprint density at radius 1 is 1.00 bits per heavy atom. The molecule has 0 aromatic heterocycles. The number of fused-ring (bicyclic) bond motifs is 1. The fourth-order valence-corrected chi connectivity index (χ4v) is 4.90. The Bertz CT molecular complexity index is 1280. The van der Waals surface area contributed by atoms with Crippen LogP contribution in [0.4, 0.5) is 4.39 Å². The topological polar surface area (TPSA) is 86.8 Å². The van der Waals surface area contributed by atoms with Crippen LogP contribution in [0.25, 0.3) is 10.8 Å². The molecular formula is C25H28FN3O4S. The second-order valence-corrected chi connectivity index (χ2v) is 10.0. The molecule has 0 radical (unpaired) electrons. The van der Waals surface area contributed by atoms with Gasteiger partial charge in [0.25, 0.3) is 0 Å². The molecule has 2 amide bonds. The van der Waals surface area contributed by atoms with E-state index in [1.54, 1.807) is 19.1 Å². The summed E-state index contributed by atoms with van der Waals surface area (Å²) in [6.45, 7) is 1.35. The van der Waals surface area contributed by atoms with Crippen molar-refractivity contribution in [2.24, 2.45) is 0 Å². The second-order valence-electron chi connectivity index (χ2n) is 7.96. The van der Waals surface area contributed by atoms with Crippen molar-refractivity contribution in [1.82, 2.24) is 14.5 Å². The van der Waals surface area contributed by atoms with E-state index in [2.05, 4.69) is 5.32 Å². The molecule has 0 saturated carbocycles. The van der Waals surface area contributed by atoms with Gasteiger partial charge in [-0.05, 0) is 47.0 Å². The zero-order valence-electron chi connectivity index (χ0n) is 19.4. The molecule has 0 unspecified atom stereocenters. The van der Waals surface area contributed by atoms with Gasteiger partial charge in [0.05, 0.1) is 11.4 Å². The van der Waals surface area contributed by atoms with Crippen molar-refractivity contribution in [1.29, 1.82) is 0 Å². The molecule has 0 saturated heterocycles. The molecule has 0 heterocycles. The predicted molar refractivity (Wildman–Crippen MR) is 129 cm³/mol. The van der Waals surface area contributed by atoms with E-state index in [-0.39, 0.29) is 17.3 Å². The molecule has 0 spiro atoms. The minimum Gasteiger partial charge on any atom is -0.357 e. The average molecular weight is 486 g/mol. The molecular weight excluding hydrogens is 457 g/mol. The van der Waals surface area contributed by atoms with E-state index in [0.29, 0.717) is 12.0 Å². The Morgan fingerprint density at radius 2 is 1.65 bits per heavy atom. The minimum absolute atomic E-state index is 0.0366. The van der Waals surface area contributed by atoms with Gasteiger partial charge < -0.3 is 10.2 Å². The van der Waals surface area contributed by atoms with Crippen LogP contribution in [0.15, 0.2) is 71.6 Å². The van der Waals surface area contributed by atoms with Gasteiger partial charge in [0.2, 0.25) is 21.8 Å². The molecule has 0 aliphatic carbocycles. The van der Waals surface area contributed by atoms with Crippen LogP contribution in [0.1, 0.15) is 18.9 Å². The van der Waals surface area contributed by atoms with Gasteiger partial charge >= 0.3 is 0 Å². The van der Waals surface area contributed by atoms with Gasteiger partial charge in [-0.3, -0.25) is 9.59 Å². The summed E-state index contributed by atoms with van der Waals surface area (Å²) >= 11 is 0. The van der Waals surface area contributed by atoms with Crippen LogP contribution in [-0.2, 0) is 26.2 Å². The van der Waals surface area contributed by atoms with E-state index in [0.717, 1.165) is 15.1 Å². The second kappa shape index (κ2) is 10.8. The highest BCUT2D eigenvalue weighted by atomic mass is 32.2. The van der Waals surface area contributed by atoms with E-state index >= 15 is 0 Å². The number of nitrogens with zero attached hydrogens (tertiary/aromatic N) is 2. The Labute approximate surface area is 199 Å². The number of carbonyl (C=O) groups excluding carboxylic acids is 2. The van der Waals surface area contributed by atoms with Crippen molar-refractivity contribution in [3.63, 3.8) is 0 Å². The van der Waals surface area contributed by atoms with Gasteiger partial charge in [0, 0.05) is 20.6 Å². The van der Waals surface area contributed by atoms with E-state index in [4.69, 9.17) is 0 Å². The van der Waals surface area contributed by atoms with Gasteiger partial charge in [-0.15, -0.1) is 0 Å². The van der Waals surface area contributed by atoms with Crippen LogP contribution < -0.4 is 5.32 Å². The molecule has 7 nitrogen and oxygen atoms in total. The van der Waals surface area contributed by atoms with Crippen molar-refractivity contribution in [3.05, 3.63) is 78.1 Å². The first-order valence-electron chi connectivity index (χ1n) is 10.9. The molecule has 0 aliphatic heterocycles. The van der Waals surface area contributed by atoms with Crippen LogP contribution in [0.2, 0.25) is 0 Å². The predicted octanol–water partition coefficient (Wildman–Crippen LogP) is 3.15. The number of hydrogen-bond acceptors (Lipinski definition) is 4. The summed E-state index contributed by atoms with van der Waals surface area (Å²) < 4.78 is 40.7. The molecule has 0 fully saturated rings. The zero-order chi connectivity index (χ0) is 24.9. The molecule has 3 rings (SSSR count). The van der Waals surface area contributed by atoms with Crippen molar-refractivity contribution in [2.75, 3.05) is 20.6 Å². The van der Waals surface area contributed by atoms with E-state index in [9.17, 15) is 22.4 Å². The van der Waals surface area contributed by atoms with Crippen LogP contribution in [-0.4, -0.2) is 56.1 Å². The molecule has 34 heavy (non-hydrogen) atoms. The van der Waals surface area contributed by atoms with Crippen molar-refractivity contribution < 1.29 is 22.4 Å². The van der Waals surface area contributed by atoms with Crippen LogP contribution in [0.3, 0.4) is 0 Å². The van der Waals surface area contributed by atoms with Gasteiger partial charge in [0.15, 0.2) is 0 Å². The van der Waals surface area contributed by atoms with Gasteiger partial charge in [-0.2, -0.15) is 4.31 Å². The number of sulfonamides is 1. The summed E-state index contributed by atoms with van der Waals surface area (Å²) in [4.78, 5) is 27.2. The molecule has 1 N–H and O–H groups in total. The number of nitrogens with one attached hydrogen (secondary N) is 1. The number of hydrogen-bond donors (Lipinski definition) is 1. The normalized spacial score (nSPS) is 12.5. The van der Waals surface area contributed by atoms with Crippen molar-refractivity contribution >= 4 is 32.6 Å². The summed E-state index contributed by atoms with van der Waals surface area (Å²) in [7, 11) is -1.15. The lowest BCUT2D eigenvalue weighted by Crippen LogP contribution is -2.51. The minimum atomic E-state index is -3.96. The zero-order valence-corrected chi connectivity index (χ0v) is 20.2. The van der Waals surface area contributed by atoms with Crippen molar-refractivity contribution in [3.8, 4) is 0 Å². The third-order valence-corrected chi connectivity index (χ3v) is 7.48. The smallest absolute Gasteiger partial charge is 0.243 e. The highest BCUT2D eigenvalue weighted by molar-refractivity contribution is 7.89. The number of halogens is 1. The number of rotatable bonds is 9. The summed E-state index contributed by atoms with van der Waals surface area (Å²) in [6, 6.07) is 17.0. The molecule has 1 atom stereocenters. The monoisotopic (exact) mass is 485 g/mol. The Morgan fingerprint density at radius 3 is 2.26 bits per heavy atom. The van der Waals surface area contributed by atoms with Gasteiger partial charge in [-0.25, -0.2) is 12.8 Å². The van der Waals surface area contributed by atoms with Crippen molar-refractivity contribution in [2.45, 2.75) is 30.8 Å². The maximum Gasteiger partial charge on any atom is 0.243 e. The number of benzene rings is 3. The lowest BCUT2D eigenvalue weighted by molar-refractivity contribution is -0.141. The first-order valence-corrected chi connectivity index (χ1v) is 12.3. The fraction of sp³-hybridized carbons (Fsp3) is 0.280. The number of likely N-dealkylation sites (N-methyl/N-ethyl adjacent to an activating group) is 2. The summed E-state index contributed by atoms with van der Waals surface area (Å²) in [5.74, 6) is -1.31. The molecule has 0 bridgehead atoms. The highest BCUT2D eigenvalue weighted by Crippen LogP contribution is 2.22. The van der Waals surface area contributed by atoms with Gasteiger partial charge in [-0.1, -0.05) is 49.4 Å². The van der Waals surface area contributed by atoms with E-state index in [1.807, 2.05) is 24.3 Å². The standard InChI is InChI=1S/C25H28FN3O4S/c1-4-23(25(31)27-2)29(16-18-9-12-21(26)13-10-18)24(30)17-28(3)34(32,33)22-14-11-19-7-5-6-8-20(19)15-22/h5-15,23H,4,16-17H2,1-3H3,(H,27,31)/t23-/m0/s1. The first-order chi connectivity index (χ1) is 16.2. The first kappa shape index (κ1) is 25.3. The summed E-state index contributed by atoms with van der Waals surface area (Å²) in [6.07, 6.45) is 0.327. The lowest BCUT2D eigenvalue weighted by atomic mass is 10.1. The maximum absolute atomic E-state index is 13.3. The SMILES string of the molecule is CC[C@@H](C(=O)NC)N(Cc1ccc(F)cc1)C(=O)CN(C)S(=O)(=O)c1ccc2ccccc2c1. The molecule has 3 aromatic carbocycles. The summed E-state index contributed by atoms with van der Waals surface area (Å²) in [5.41, 5.74) is 0.622. The summed E-state index contributed by atoms with van der Waals surface area (Å²) in [5, 5.41) is 4.22.